The largest absolute Gasteiger partial charge is 0.478 e. The first-order chi connectivity index (χ1) is 8.11. The van der Waals surface area contributed by atoms with Gasteiger partial charge in [0.15, 0.2) is 0 Å². The van der Waals surface area contributed by atoms with Crippen molar-refractivity contribution >= 4 is 23.1 Å². The Morgan fingerprint density at radius 1 is 1.41 bits per heavy atom. The van der Waals surface area contributed by atoms with E-state index in [1.165, 1.54) is 11.3 Å². The maximum Gasteiger partial charge on any atom is 0.340 e. The topological polar surface area (TPSA) is 53.4 Å². The molecule has 2 aromatic rings. The molecular weight excluding hydrogens is 236 g/mol. The summed E-state index contributed by atoms with van der Waals surface area (Å²) in [6.07, 6.45) is 1.64. The van der Waals surface area contributed by atoms with Crippen molar-refractivity contribution in [2.24, 2.45) is 0 Å². The van der Waals surface area contributed by atoms with Gasteiger partial charge in [-0.2, -0.15) is 0 Å². The van der Waals surface area contributed by atoms with Crippen LogP contribution in [0.3, 0.4) is 0 Å². The molecule has 0 saturated heterocycles. The van der Waals surface area contributed by atoms with Crippen molar-refractivity contribution in [2.75, 3.05) is 19.0 Å². The second-order valence-corrected chi connectivity index (χ2v) is 4.68. The molecule has 0 aliphatic rings. The van der Waals surface area contributed by atoms with Gasteiger partial charge < -0.3 is 10.0 Å². The van der Waals surface area contributed by atoms with E-state index in [1.54, 1.807) is 31.3 Å². The Balaban J connectivity index is 2.68. The first-order valence-electron chi connectivity index (χ1n) is 5.04. The van der Waals surface area contributed by atoms with Crippen LogP contribution in [0.4, 0.5) is 5.82 Å². The summed E-state index contributed by atoms with van der Waals surface area (Å²) in [5, 5.41) is 11.3. The van der Waals surface area contributed by atoms with Crippen molar-refractivity contribution in [2.45, 2.75) is 0 Å². The number of carboxylic acid groups (broad SMARTS) is 1. The van der Waals surface area contributed by atoms with Crippen molar-refractivity contribution in [3.8, 4) is 10.4 Å². The van der Waals surface area contributed by atoms with Crippen LogP contribution in [0.15, 0.2) is 29.8 Å². The number of carboxylic acids is 1. The summed E-state index contributed by atoms with van der Waals surface area (Å²) in [6.45, 7) is 0. The number of hydrogen-bond donors (Lipinski definition) is 1. The molecule has 0 aliphatic heterocycles. The van der Waals surface area contributed by atoms with Crippen molar-refractivity contribution in [1.82, 2.24) is 4.98 Å². The van der Waals surface area contributed by atoms with Gasteiger partial charge in [0.25, 0.3) is 0 Å². The van der Waals surface area contributed by atoms with Crippen LogP contribution in [0.25, 0.3) is 10.4 Å². The van der Waals surface area contributed by atoms with Gasteiger partial charge in [-0.3, -0.25) is 0 Å². The summed E-state index contributed by atoms with van der Waals surface area (Å²) < 4.78 is 0. The van der Waals surface area contributed by atoms with E-state index >= 15 is 0 Å². The first kappa shape index (κ1) is 11.6. The molecule has 0 fully saturated rings. The fourth-order valence-electron chi connectivity index (χ4n) is 1.64. The van der Waals surface area contributed by atoms with Crippen LogP contribution in [0.5, 0.6) is 0 Å². The number of nitrogens with zero attached hydrogens (tertiary/aromatic N) is 2. The number of anilines is 1. The number of pyridine rings is 1. The molecular formula is C12H12N2O2S. The zero-order chi connectivity index (χ0) is 12.4. The van der Waals surface area contributed by atoms with E-state index in [9.17, 15) is 9.90 Å². The quantitative estimate of drug-likeness (QED) is 0.907. The second-order valence-electron chi connectivity index (χ2n) is 3.73. The predicted molar refractivity (Wildman–Crippen MR) is 68.8 cm³/mol. The summed E-state index contributed by atoms with van der Waals surface area (Å²) in [4.78, 5) is 18.1. The van der Waals surface area contributed by atoms with E-state index in [0.717, 1.165) is 4.88 Å². The van der Waals surface area contributed by atoms with Gasteiger partial charge in [-0.1, -0.05) is 6.07 Å². The number of thiophene rings is 1. The molecule has 88 valence electrons. The van der Waals surface area contributed by atoms with E-state index in [-0.39, 0.29) is 5.56 Å². The molecule has 0 aromatic carbocycles. The molecule has 0 saturated carbocycles. The van der Waals surface area contributed by atoms with Gasteiger partial charge >= 0.3 is 5.97 Å². The fourth-order valence-corrected chi connectivity index (χ4v) is 2.40. The summed E-state index contributed by atoms with van der Waals surface area (Å²) in [5.41, 5.74) is 0.964. The molecule has 2 heterocycles. The minimum atomic E-state index is -0.954. The third-order valence-corrected chi connectivity index (χ3v) is 3.26. The van der Waals surface area contributed by atoms with Crippen LogP contribution in [-0.4, -0.2) is 30.2 Å². The summed E-state index contributed by atoms with van der Waals surface area (Å²) in [5.74, 6) is -0.478. The highest BCUT2D eigenvalue weighted by atomic mass is 32.1. The average Bonchev–Trinajstić information content (AvgIpc) is 2.81. The molecule has 0 unspecified atom stereocenters. The number of aromatic nitrogens is 1. The number of hydrogen-bond acceptors (Lipinski definition) is 4. The van der Waals surface area contributed by atoms with Gasteiger partial charge in [-0.25, -0.2) is 9.78 Å². The van der Waals surface area contributed by atoms with Gasteiger partial charge in [0.05, 0.1) is 0 Å². The smallest absolute Gasteiger partial charge is 0.340 e. The van der Waals surface area contributed by atoms with Crippen LogP contribution >= 0.6 is 11.3 Å². The standard InChI is InChI=1S/C12H12N2O2S/c1-14(2)11-10(12(15)16)8(5-6-13-11)9-4-3-7-17-9/h3-7H,1-2H3,(H,15,16). The van der Waals surface area contributed by atoms with Gasteiger partial charge in [0.2, 0.25) is 0 Å². The van der Waals surface area contributed by atoms with E-state index in [1.807, 2.05) is 17.5 Å². The molecule has 0 spiro atoms. The van der Waals surface area contributed by atoms with Gasteiger partial charge in [0.1, 0.15) is 11.4 Å². The molecule has 2 rings (SSSR count). The molecule has 0 amide bonds. The van der Waals surface area contributed by atoms with Crippen molar-refractivity contribution < 1.29 is 9.90 Å². The lowest BCUT2D eigenvalue weighted by Gasteiger charge is -2.15. The Hall–Kier alpha value is -1.88. The lowest BCUT2D eigenvalue weighted by molar-refractivity contribution is 0.0698. The molecule has 0 atom stereocenters. The van der Waals surface area contributed by atoms with Crippen molar-refractivity contribution in [1.29, 1.82) is 0 Å². The first-order valence-corrected chi connectivity index (χ1v) is 5.92. The van der Waals surface area contributed by atoms with E-state index in [2.05, 4.69) is 4.98 Å². The Kier molecular flexibility index (Phi) is 3.10. The Labute approximate surface area is 103 Å². The fraction of sp³-hybridized carbons (Fsp3) is 0.167. The van der Waals surface area contributed by atoms with E-state index in [0.29, 0.717) is 11.4 Å². The monoisotopic (exact) mass is 248 g/mol. The van der Waals surface area contributed by atoms with Crippen molar-refractivity contribution in [3.05, 3.63) is 35.3 Å². The third-order valence-electron chi connectivity index (χ3n) is 2.36. The van der Waals surface area contributed by atoms with Gasteiger partial charge in [0, 0.05) is 30.7 Å². The average molecular weight is 248 g/mol. The second kappa shape index (κ2) is 4.55. The molecule has 5 heteroatoms. The number of rotatable bonds is 3. The zero-order valence-electron chi connectivity index (χ0n) is 9.54. The predicted octanol–water partition coefficient (Wildman–Crippen LogP) is 2.57. The maximum atomic E-state index is 11.4. The molecule has 17 heavy (non-hydrogen) atoms. The Bertz CT molecular complexity index is 535. The van der Waals surface area contributed by atoms with Crippen LogP contribution in [0.1, 0.15) is 10.4 Å². The summed E-state index contributed by atoms with van der Waals surface area (Å²) in [7, 11) is 3.57. The van der Waals surface area contributed by atoms with Crippen LogP contribution < -0.4 is 4.90 Å². The minimum absolute atomic E-state index is 0.250. The normalized spacial score (nSPS) is 10.2. The minimum Gasteiger partial charge on any atom is -0.478 e. The summed E-state index contributed by atoms with van der Waals surface area (Å²) in [6, 6.07) is 5.55. The lowest BCUT2D eigenvalue weighted by Crippen LogP contribution is -2.16. The molecule has 0 aliphatic carbocycles. The number of carbonyl (C=O) groups is 1. The van der Waals surface area contributed by atoms with Crippen LogP contribution in [0.2, 0.25) is 0 Å². The SMILES string of the molecule is CN(C)c1nccc(-c2cccs2)c1C(=O)O. The highest BCUT2D eigenvalue weighted by molar-refractivity contribution is 7.13. The Morgan fingerprint density at radius 3 is 2.71 bits per heavy atom. The van der Waals surface area contributed by atoms with E-state index < -0.39 is 5.97 Å². The van der Waals surface area contributed by atoms with Crippen LogP contribution in [0, 0.1) is 0 Å². The highest BCUT2D eigenvalue weighted by Crippen LogP contribution is 2.31. The summed E-state index contributed by atoms with van der Waals surface area (Å²) >= 11 is 1.52. The van der Waals surface area contributed by atoms with Crippen molar-refractivity contribution in [3.63, 3.8) is 0 Å². The third kappa shape index (κ3) is 2.14. The number of aromatic carboxylic acids is 1. The van der Waals surface area contributed by atoms with E-state index in [4.69, 9.17) is 0 Å². The van der Waals surface area contributed by atoms with Crippen LogP contribution in [-0.2, 0) is 0 Å². The molecule has 0 bridgehead atoms. The maximum absolute atomic E-state index is 11.4. The molecule has 2 aromatic heterocycles. The van der Waals surface area contributed by atoms with Gasteiger partial charge in [-0.05, 0) is 17.5 Å². The lowest BCUT2D eigenvalue weighted by atomic mass is 10.1. The molecule has 0 radical (unpaired) electrons. The molecule has 1 N–H and O–H groups in total. The van der Waals surface area contributed by atoms with Gasteiger partial charge in [-0.15, -0.1) is 11.3 Å². The Morgan fingerprint density at radius 2 is 2.18 bits per heavy atom. The molecule has 4 nitrogen and oxygen atoms in total. The zero-order valence-corrected chi connectivity index (χ0v) is 10.4. The highest BCUT2D eigenvalue weighted by Gasteiger charge is 2.19.